The fourth-order valence-electron chi connectivity index (χ4n) is 3.79. The quantitative estimate of drug-likeness (QED) is 0.427. The number of aryl methyl sites for hydroxylation is 1. The fourth-order valence-corrected chi connectivity index (χ4v) is 5.17. The summed E-state index contributed by atoms with van der Waals surface area (Å²) in [5.74, 6) is -0.183. The van der Waals surface area contributed by atoms with Crippen molar-refractivity contribution in [2.75, 3.05) is 6.61 Å². The topological polar surface area (TPSA) is 89.2 Å². The largest absolute Gasteiger partial charge is 0.463 e. The number of aromatic nitrogens is 1. The maximum absolute atomic E-state index is 13.4. The molecule has 0 spiro atoms. The molecule has 31 heavy (non-hydrogen) atoms. The van der Waals surface area contributed by atoms with E-state index in [1.165, 1.54) is 10.0 Å². The zero-order valence-electron chi connectivity index (χ0n) is 17.3. The van der Waals surface area contributed by atoms with Gasteiger partial charge in [-0.05, 0) is 68.0 Å². The summed E-state index contributed by atoms with van der Waals surface area (Å²) in [5, 5.41) is 10.1. The molecule has 0 saturated heterocycles. The second-order valence-corrected chi connectivity index (χ2v) is 9.47. The van der Waals surface area contributed by atoms with Crippen molar-refractivity contribution in [3.05, 3.63) is 77.5 Å². The van der Waals surface area contributed by atoms with E-state index in [0.717, 1.165) is 22.9 Å². The van der Waals surface area contributed by atoms with E-state index in [9.17, 15) is 18.5 Å². The van der Waals surface area contributed by atoms with Crippen molar-refractivity contribution in [3.8, 4) is 6.07 Å². The molecule has 0 unspecified atom stereocenters. The molecule has 1 saturated carbocycles. The number of carbonyl (C=O) groups is 1. The van der Waals surface area contributed by atoms with Gasteiger partial charge in [0.25, 0.3) is 10.0 Å². The summed E-state index contributed by atoms with van der Waals surface area (Å²) in [6.45, 7) is 3.97. The minimum absolute atomic E-state index is 0.0802. The zero-order chi connectivity index (χ0) is 22.2. The van der Waals surface area contributed by atoms with Gasteiger partial charge < -0.3 is 4.74 Å². The predicted molar refractivity (Wildman–Crippen MR) is 117 cm³/mol. The predicted octanol–water partition coefficient (Wildman–Crippen LogP) is 4.28. The monoisotopic (exact) mass is 434 g/mol. The average Bonchev–Trinajstić information content (AvgIpc) is 3.42. The molecule has 158 valence electrons. The number of hydrogen-bond acceptors (Lipinski definition) is 5. The van der Waals surface area contributed by atoms with Crippen LogP contribution in [-0.2, 0) is 19.6 Å². The number of hydrogen-bond donors (Lipinski definition) is 0. The van der Waals surface area contributed by atoms with Gasteiger partial charge in [0.05, 0.1) is 28.7 Å². The Labute approximate surface area is 181 Å². The van der Waals surface area contributed by atoms with E-state index in [4.69, 9.17) is 4.74 Å². The third kappa shape index (κ3) is 3.99. The lowest BCUT2D eigenvalue weighted by Gasteiger charge is -2.08. The highest BCUT2D eigenvalue weighted by atomic mass is 32.2. The molecule has 3 aromatic rings. The van der Waals surface area contributed by atoms with Gasteiger partial charge in [0, 0.05) is 17.7 Å². The lowest BCUT2D eigenvalue weighted by atomic mass is 10.1. The van der Waals surface area contributed by atoms with Crippen molar-refractivity contribution in [2.45, 2.75) is 31.1 Å². The molecule has 7 heteroatoms. The van der Waals surface area contributed by atoms with Crippen LogP contribution in [0.25, 0.3) is 10.9 Å². The van der Waals surface area contributed by atoms with E-state index in [2.05, 4.69) is 6.07 Å². The molecule has 4 rings (SSSR count). The van der Waals surface area contributed by atoms with Gasteiger partial charge in [-0.15, -0.1) is 0 Å². The zero-order valence-corrected chi connectivity index (χ0v) is 18.1. The van der Waals surface area contributed by atoms with Gasteiger partial charge in [0.1, 0.15) is 0 Å². The van der Waals surface area contributed by atoms with Crippen molar-refractivity contribution >= 4 is 26.9 Å². The Morgan fingerprint density at radius 2 is 2.00 bits per heavy atom. The van der Waals surface area contributed by atoms with Crippen LogP contribution >= 0.6 is 0 Å². The first-order valence-electron chi connectivity index (χ1n) is 10.1. The number of carbonyl (C=O) groups excluding carboxylic acids is 1. The van der Waals surface area contributed by atoms with Crippen molar-refractivity contribution in [3.63, 3.8) is 0 Å². The summed E-state index contributed by atoms with van der Waals surface area (Å²) < 4.78 is 32.9. The van der Waals surface area contributed by atoms with Crippen LogP contribution in [0.4, 0.5) is 0 Å². The number of ether oxygens (including phenoxy) is 1. The first-order chi connectivity index (χ1) is 14.8. The molecule has 1 aliphatic rings. The van der Waals surface area contributed by atoms with Gasteiger partial charge in [0.2, 0.25) is 0 Å². The van der Waals surface area contributed by atoms with E-state index in [1.807, 2.05) is 13.0 Å². The minimum atomic E-state index is -3.80. The highest BCUT2D eigenvalue weighted by Gasteiger charge is 2.39. The molecule has 1 aromatic heterocycles. The number of fused-ring (bicyclic) bond motifs is 1. The molecule has 2 atom stereocenters. The van der Waals surface area contributed by atoms with E-state index < -0.39 is 10.0 Å². The Morgan fingerprint density at radius 1 is 1.26 bits per heavy atom. The van der Waals surface area contributed by atoms with E-state index >= 15 is 0 Å². The Kier molecular flexibility index (Phi) is 5.42. The molecule has 2 aromatic carbocycles. The molecule has 1 heterocycles. The second kappa shape index (κ2) is 8.05. The number of nitrogens with zero attached hydrogens (tertiary/aromatic N) is 2. The van der Waals surface area contributed by atoms with Crippen LogP contribution in [-0.4, -0.2) is 25.0 Å². The standard InChI is InChI=1S/C24H22N2O4S/c1-3-30-24(27)11-7-18-13-20(18)22-15-26(23-10-6-17(14-25)12-21(22)23)31(28,29)19-8-4-16(2)5-9-19/h4-12,15,18,20H,3,13H2,1-2H3/t18-,20-/m1/s1. The van der Waals surface area contributed by atoms with Crippen LogP contribution in [0.15, 0.2) is 65.7 Å². The maximum Gasteiger partial charge on any atom is 0.330 e. The summed E-state index contributed by atoms with van der Waals surface area (Å²) in [5.41, 5.74) is 2.85. The van der Waals surface area contributed by atoms with Crippen LogP contribution in [0.5, 0.6) is 0 Å². The maximum atomic E-state index is 13.4. The number of benzene rings is 2. The normalized spacial score (nSPS) is 18.2. The highest BCUT2D eigenvalue weighted by molar-refractivity contribution is 7.90. The van der Waals surface area contributed by atoms with Gasteiger partial charge in [-0.25, -0.2) is 17.2 Å². The van der Waals surface area contributed by atoms with Crippen LogP contribution < -0.4 is 0 Å². The van der Waals surface area contributed by atoms with Crippen LogP contribution in [0.1, 0.15) is 36.0 Å². The van der Waals surface area contributed by atoms with E-state index in [-0.39, 0.29) is 22.7 Å². The lowest BCUT2D eigenvalue weighted by Crippen LogP contribution is -2.11. The summed E-state index contributed by atoms with van der Waals surface area (Å²) in [4.78, 5) is 11.8. The SMILES string of the molecule is CCOC(=O)C=C[C@@H]1C[C@H]1c1cn(S(=O)(=O)c2ccc(C)cc2)c2ccc(C#N)cc12. The Balaban J connectivity index is 1.77. The number of rotatable bonds is 6. The molecule has 0 radical (unpaired) electrons. The number of esters is 1. The van der Waals surface area contributed by atoms with Crippen molar-refractivity contribution in [1.29, 1.82) is 5.26 Å². The van der Waals surface area contributed by atoms with Crippen LogP contribution in [0.2, 0.25) is 0 Å². The van der Waals surface area contributed by atoms with Gasteiger partial charge in [-0.3, -0.25) is 0 Å². The fraction of sp³-hybridized carbons (Fsp3) is 0.250. The van der Waals surface area contributed by atoms with Gasteiger partial charge in [-0.1, -0.05) is 23.8 Å². The Hall–Kier alpha value is -3.37. The molecule has 1 fully saturated rings. The molecular formula is C24H22N2O4S. The molecule has 0 aliphatic heterocycles. The number of allylic oxidation sites excluding steroid dienone is 1. The smallest absolute Gasteiger partial charge is 0.330 e. The molecule has 6 nitrogen and oxygen atoms in total. The van der Waals surface area contributed by atoms with Crippen molar-refractivity contribution in [1.82, 2.24) is 3.97 Å². The van der Waals surface area contributed by atoms with E-state index in [1.54, 1.807) is 55.6 Å². The third-order valence-corrected chi connectivity index (χ3v) is 7.20. The first-order valence-corrected chi connectivity index (χ1v) is 11.5. The van der Waals surface area contributed by atoms with Gasteiger partial charge in [0.15, 0.2) is 0 Å². The van der Waals surface area contributed by atoms with E-state index in [0.29, 0.717) is 17.7 Å². The van der Waals surface area contributed by atoms with Crippen LogP contribution in [0.3, 0.4) is 0 Å². The van der Waals surface area contributed by atoms with Crippen molar-refractivity contribution in [2.24, 2.45) is 5.92 Å². The summed E-state index contributed by atoms with van der Waals surface area (Å²) in [6.07, 6.45) is 5.70. The average molecular weight is 435 g/mol. The van der Waals surface area contributed by atoms with Gasteiger partial charge in [-0.2, -0.15) is 5.26 Å². The molecule has 0 amide bonds. The summed E-state index contributed by atoms with van der Waals surface area (Å²) >= 11 is 0. The lowest BCUT2D eigenvalue weighted by molar-refractivity contribution is -0.137. The van der Waals surface area contributed by atoms with Crippen molar-refractivity contribution < 1.29 is 17.9 Å². The second-order valence-electron chi connectivity index (χ2n) is 7.66. The molecule has 0 N–H and O–H groups in total. The summed E-state index contributed by atoms with van der Waals surface area (Å²) in [7, 11) is -3.80. The molecule has 1 aliphatic carbocycles. The molecular weight excluding hydrogens is 412 g/mol. The van der Waals surface area contributed by atoms with Crippen LogP contribution in [0, 0.1) is 24.2 Å². The first kappa shape index (κ1) is 20.9. The Bertz CT molecular complexity index is 1330. The molecule has 0 bridgehead atoms. The highest BCUT2D eigenvalue weighted by Crippen LogP contribution is 2.51. The summed E-state index contributed by atoms with van der Waals surface area (Å²) in [6, 6.07) is 13.9. The third-order valence-electron chi connectivity index (χ3n) is 5.51. The Morgan fingerprint density at radius 3 is 2.68 bits per heavy atom. The number of nitriles is 1. The van der Waals surface area contributed by atoms with Gasteiger partial charge >= 0.3 is 5.97 Å². The minimum Gasteiger partial charge on any atom is -0.463 e.